The Morgan fingerprint density at radius 1 is 1.28 bits per heavy atom. The first-order valence-electron chi connectivity index (χ1n) is 6.53. The van der Waals surface area contributed by atoms with Gasteiger partial charge in [0.25, 0.3) is 0 Å². The van der Waals surface area contributed by atoms with Crippen LogP contribution in [0.25, 0.3) is 0 Å². The highest BCUT2D eigenvalue weighted by atomic mass is 16.5. The number of nitriles is 1. The highest BCUT2D eigenvalue weighted by Crippen LogP contribution is 2.24. The number of para-hydroxylation sites is 1. The van der Waals surface area contributed by atoms with Gasteiger partial charge in [0.05, 0.1) is 17.9 Å². The van der Waals surface area contributed by atoms with Crippen molar-refractivity contribution in [3.63, 3.8) is 0 Å². The molecule has 0 saturated carbocycles. The minimum atomic E-state index is 0.453. The Balaban J connectivity index is 3.04. The maximum absolute atomic E-state index is 9.21. The Labute approximate surface area is 110 Å². The normalized spacial score (nSPS) is 10.4. The number of rotatable bonds is 7. The van der Waals surface area contributed by atoms with Gasteiger partial charge in [-0.15, -0.1) is 0 Å². The van der Waals surface area contributed by atoms with E-state index in [1.807, 2.05) is 24.3 Å². The summed E-state index contributed by atoms with van der Waals surface area (Å²) < 4.78 is 5.18. The molecule has 0 aromatic heterocycles. The number of methoxy groups -OCH3 is 1. The largest absolute Gasteiger partial charge is 0.383 e. The van der Waals surface area contributed by atoms with E-state index in [1.165, 1.54) is 0 Å². The molecule has 0 aliphatic rings. The molecule has 0 bridgehead atoms. The molecule has 0 aliphatic heterocycles. The molecule has 18 heavy (non-hydrogen) atoms. The van der Waals surface area contributed by atoms with Gasteiger partial charge < -0.3 is 9.64 Å². The summed E-state index contributed by atoms with van der Waals surface area (Å²) in [5, 5.41) is 9.21. The van der Waals surface area contributed by atoms with Crippen molar-refractivity contribution in [1.29, 1.82) is 5.26 Å². The van der Waals surface area contributed by atoms with Crippen LogP contribution in [-0.2, 0) is 4.74 Å². The van der Waals surface area contributed by atoms with E-state index < -0.39 is 0 Å². The number of hydrogen-bond donors (Lipinski definition) is 0. The molecule has 0 atom stereocenters. The summed E-state index contributed by atoms with van der Waals surface area (Å²) in [6, 6.07) is 10.5. The molecule has 0 radical (unpaired) electrons. The van der Waals surface area contributed by atoms with Crippen molar-refractivity contribution in [3.05, 3.63) is 29.8 Å². The molecule has 3 nitrogen and oxygen atoms in total. The molecule has 0 spiro atoms. The van der Waals surface area contributed by atoms with E-state index in [0.29, 0.717) is 12.6 Å². The highest BCUT2D eigenvalue weighted by Gasteiger charge is 2.17. The molecule has 0 aliphatic carbocycles. The van der Waals surface area contributed by atoms with Crippen molar-refractivity contribution in [2.24, 2.45) is 0 Å². The van der Waals surface area contributed by atoms with Gasteiger partial charge >= 0.3 is 0 Å². The van der Waals surface area contributed by atoms with Gasteiger partial charge in [-0.1, -0.05) is 26.0 Å². The predicted molar refractivity (Wildman–Crippen MR) is 74.7 cm³/mol. The minimum absolute atomic E-state index is 0.453. The average Bonchev–Trinajstić information content (AvgIpc) is 2.43. The summed E-state index contributed by atoms with van der Waals surface area (Å²) in [5.41, 5.74) is 1.76. The Hall–Kier alpha value is -1.53. The summed E-state index contributed by atoms with van der Waals surface area (Å²) in [6.07, 6.45) is 2.14. The SMILES string of the molecule is CCC(CC)N(CCOC)c1ccccc1C#N. The van der Waals surface area contributed by atoms with E-state index >= 15 is 0 Å². The Morgan fingerprint density at radius 3 is 2.50 bits per heavy atom. The number of anilines is 1. The fourth-order valence-corrected chi connectivity index (χ4v) is 2.24. The van der Waals surface area contributed by atoms with Crippen molar-refractivity contribution >= 4 is 5.69 Å². The zero-order valence-corrected chi connectivity index (χ0v) is 11.5. The van der Waals surface area contributed by atoms with Crippen molar-refractivity contribution in [1.82, 2.24) is 0 Å². The fourth-order valence-electron chi connectivity index (χ4n) is 2.24. The number of nitrogens with zero attached hydrogens (tertiary/aromatic N) is 2. The second-order valence-corrected chi connectivity index (χ2v) is 4.29. The molecule has 0 unspecified atom stereocenters. The third-order valence-corrected chi connectivity index (χ3v) is 3.25. The quantitative estimate of drug-likeness (QED) is 0.741. The van der Waals surface area contributed by atoms with Gasteiger partial charge in [-0.25, -0.2) is 0 Å². The Bertz CT molecular complexity index is 394. The Morgan fingerprint density at radius 2 is 1.94 bits per heavy atom. The van der Waals surface area contributed by atoms with Crippen LogP contribution in [0.5, 0.6) is 0 Å². The average molecular weight is 246 g/mol. The summed E-state index contributed by atoms with van der Waals surface area (Å²) in [4.78, 5) is 2.29. The molecule has 0 saturated heterocycles. The van der Waals surface area contributed by atoms with Crippen LogP contribution in [-0.4, -0.2) is 26.3 Å². The maximum atomic E-state index is 9.21. The summed E-state index contributed by atoms with van der Waals surface area (Å²) in [5.74, 6) is 0. The van der Waals surface area contributed by atoms with Crippen LogP contribution in [0.3, 0.4) is 0 Å². The molecule has 0 heterocycles. The topological polar surface area (TPSA) is 36.3 Å². The molecule has 1 aromatic rings. The van der Waals surface area contributed by atoms with Gasteiger partial charge in [-0.3, -0.25) is 0 Å². The van der Waals surface area contributed by atoms with Gasteiger partial charge in [-0.2, -0.15) is 5.26 Å². The van der Waals surface area contributed by atoms with Gasteiger partial charge in [0.15, 0.2) is 0 Å². The van der Waals surface area contributed by atoms with Crippen LogP contribution >= 0.6 is 0 Å². The van der Waals surface area contributed by atoms with Gasteiger partial charge in [0.2, 0.25) is 0 Å². The molecule has 1 aromatic carbocycles. The number of ether oxygens (including phenoxy) is 1. The van der Waals surface area contributed by atoms with Crippen LogP contribution in [0.4, 0.5) is 5.69 Å². The first kappa shape index (κ1) is 14.5. The van der Waals surface area contributed by atoms with E-state index in [1.54, 1.807) is 7.11 Å². The van der Waals surface area contributed by atoms with Crippen LogP contribution in [0.2, 0.25) is 0 Å². The van der Waals surface area contributed by atoms with Crippen molar-refractivity contribution in [2.75, 3.05) is 25.2 Å². The van der Waals surface area contributed by atoms with Crippen molar-refractivity contribution < 1.29 is 4.74 Å². The zero-order valence-electron chi connectivity index (χ0n) is 11.5. The standard InChI is InChI=1S/C15H22N2O/c1-4-14(5-2)17(10-11-18-3)15-9-7-6-8-13(15)12-16/h6-9,14H,4-5,10-11H2,1-3H3. The van der Waals surface area contributed by atoms with E-state index in [0.717, 1.165) is 30.6 Å². The lowest BCUT2D eigenvalue weighted by atomic mass is 10.1. The van der Waals surface area contributed by atoms with E-state index in [4.69, 9.17) is 4.74 Å². The van der Waals surface area contributed by atoms with Gasteiger partial charge in [0.1, 0.15) is 6.07 Å². The molecule has 0 N–H and O–H groups in total. The smallest absolute Gasteiger partial charge is 0.101 e. The second-order valence-electron chi connectivity index (χ2n) is 4.29. The maximum Gasteiger partial charge on any atom is 0.101 e. The number of hydrogen-bond acceptors (Lipinski definition) is 3. The molecule has 0 amide bonds. The highest BCUT2D eigenvalue weighted by molar-refractivity contribution is 5.59. The molecule has 3 heteroatoms. The zero-order chi connectivity index (χ0) is 13.4. The van der Waals surface area contributed by atoms with Crippen molar-refractivity contribution in [3.8, 4) is 6.07 Å². The van der Waals surface area contributed by atoms with Crippen molar-refractivity contribution in [2.45, 2.75) is 32.7 Å². The third kappa shape index (κ3) is 3.48. The third-order valence-electron chi connectivity index (χ3n) is 3.25. The van der Waals surface area contributed by atoms with Crippen LogP contribution in [0, 0.1) is 11.3 Å². The summed E-state index contributed by atoms with van der Waals surface area (Å²) >= 11 is 0. The second kappa shape index (κ2) is 7.73. The summed E-state index contributed by atoms with van der Waals surface area (Å²) in [7, 11) is 1.71. The van der Waals surface area contributed by atoms with E-state index in [-0.39, 0.29) is 0 Å². The molecule has 98 valence electrons. The van der Waals surface area contributed by atoms with Crippen LogP contribution in [0.1, 0.15) is 32.3 Å². The predicted octanol–water partition coefficient (Wildman–Crippen LogP) is 3.20. The lowest BCUT2D eigenvalue weighted by molar-refractivity contribution is 0.202. The first-order valence-corrected chi connectivity index (χ1v) is 6.53. The Kier molecular flexibility index (Phi) is 6.24. The lowest BCUT2D eigenvalue weighted by Crippen LogP contribution is -2.37. The molecule has 0 fully saturated rings. The van der Waals surface area contributed by atoms with E-state index in [9.17, 15) is 5.26 Å². The van der Waals surface area contributed by atoms with E-state index in [2.05, 4.69) is 24.8 Å². The number of benzene rings is 1. The molecule has 1 rings (SSSR count). The monoisotopic (exact) mass is 246 g/mol. The minimum Gasteiger partial charge on any atom is -0.383 e. The molecular formula is C15H22N2O. The molecular weight excluding hydrogens is 224 g/mol. The lowest BCUT2D eigenvalue weighted by Gasteiger charge is -2.33. The van der Waals surface area contributed by atoms with Crippen LogP contribution < -0.4 is 4.90 Å². The fraction of sp³-hybridized carbons (Fsp3) is 0.533. The summed E-state index contributed by atoms with van der Waals surface area (Å²) in [6.45, 7) is 5.86. The van der Waals surface area contributed by atoms with Gasteiger partial charge in [0, 0.05) is 19.7 Å². The van der Waals surface area contributed by atoms with Crippen LogP contribution in [0.15, 0.2) is 24.3 Å². The van der Waals surface area contributed by atoms with Gasteiger partial charge in [-0.05, 0) is 25.0 Å². The first-order chi connectivity index (χ1) is 8.78.